The number of rotatable bonds is 5. The molecule has 5 rings (SSSR count). The highest BCUT2D eigenvalue weighted by Gasteiger charge is 2.17. The van der Waals surface area contributed by atoms with Gasteiger partial charge in [0.2, 0.25) is 0 Å². The van der Waals surface area contributed by atoms with E-state index < -0.39 is 0 Å². The zero-order valence-corrected chi connectivity index (χ0v) is 19.3. The van der Waals surface area contributed by atoms with Gasteiger partial charge in [-0.2, -0.15) is 5.10 Å². The Labute approximate surface area is 197 Å². The van der Waals surface area contributed by atoms with Crippen LogP contribution >= 0.6 is 0 Å². The number of aryl methyl sites for hydroxylation is 3. The first-order valence-electron chi connectivity index (χ1n) is 11.1. The normalized spacial score (nSPS) is 11.0. The number of nitrogens with zero attached hydrogens (tertiary/aromatic N) is 5. The van der Waals surface area contributed by atoms with Gasteiger partial charge in [-0.15, -0.1) is 0 Å². The number of carbonyl (C=O) groups is 1. The molecule has 0 unspecified atom stereocenters. The SMILES string of the molecule is Cc1ccc(-c2cc(C(=O)NCc3cnc(C)cn3)cc3c2cnn3-c2ccccc2C)nc1. The van der Waals surface area contributed by atoms with Gasteiger partial charge in [0, 0.05) is 28.9 Å². The molecule has 2 aromatic carbocycles. The second kappa shape index (κ2) is 8.86. The Morgan fingerprint density at radius 2 is 1.76 bits per heavy atom. The maximum absolute atomic E-state index is 13.2. The van der Waals surface area contributed by atoms with E-state index in [9.17, 15) is 4.79 Å². The van der Waals surface area contributed by atoms with Crippen molar-refractivity contribution in [2.45, 2.75) is 27.3 Å². The highest BCUT2D eigenvalue weighted by atomic mass is 16.1. The summed E-state index contributed by atoms with van der Waals surface area (Å²) < 4.78 is 1.88. The predicted molar refractivity (Wildman–Crippen MR) is 132 cm³/mol. The smallest absolute Gasteiger partial charge is 0.251 e. The van der Waals surface area contributed by atoms with Gasteiger partial charge in [-0.05, 0) is 56.2 Å². The van der Waals surface area contributed by atoms with Crippen LogP contribution in [-0.2, 0) is 6.54 Å². The van der Waals surface area contributed by atoms with Crippen molar-refractivity contribution in [1.82, 2.24) is 30.0 Å². The molecule has 0 bridgehead atoms. The molecular weight excluding hydrogens is 424 g/mol. The summed E-state index contributed by atoms with van der Waals surface area (Å²) in [6.07, 6.45) is 7.03. The first-order valence-corrected chi connectivity index (χ1v) is 11.1. The molecule has 7 heteroatoms. The van der Waals surface area contributed by atoms with E-state index in [1.54, 1.807) is 12.4 Å². The van der Waals surface area contributed by atoms with E-state index in [0.29, 0.717) is 17.8 Å². The van der Waals surface area contributed by atoms with Crippen LogP contribution in [0.15, 0.2) is 73.3 Å². The number of amides is 1. The van der Waals surface area contributed by atoms with Crippen molar-refractivity contribution in [2.75, 3.05) is 0 Å². The second-order valence-corrected chi connectivity index (χ2v) is 8.35. The van der Waals surface area contributed by atoms with Crippen molar-refractivity contribution in [2.24, 2.45) is 0 Å². The summed E-state index contributed by atoms with van der Waals surface area (Å²) in [6, 6.07) is 15.8. The van der Waals surface area contributed by atoms with Gasteiger partial charge in [-0.25, -0.2) is 4.68 Å². The van der Waals surface area contributed by atoms with E-state index in [2.05, 4.69) is 25.4 Å². The Hall–Kier alpha value is -4.39. The molecule has 5 aromatic rings. The van der Waals surface area contributed by atoms with Gasteiger partial charge < -0.3 is 5.32 Å². The Morgan fingerprint density at radius 3 is 2.50 bits per heavy atom. The molecule has 168 valence electrons. The van der Waals surface area contributed by atoms with Gasteiger partial charge in [-0.1, -0.05) is 24.3 Å². The lowest BCUT2D eigenvalue weighted by atomic mass is 10.0. The first kappa shape index (κ1) is 21.5. The van der Waals surface area contributed by atoms with Crippen molar-refractivity contribution >= 4 is 16.8 Å². The summed E-state index contributed by atoms with van der Waals surface area (Å²) in [4.78, 5) is 26.4. The first-order chi connectivity index (χ1) is 16.5. The molecule has 3 heterocycles. The van der Waals surface area contributed by atoms with Crippen LogP contribution in [-0.4, -0.2) is 30.6 Å². The summed E-state index contributed by atoms with van der Waals surface area (Å²) in [5, 5.41) is 8.56. The van der Waals surface area contributed by atoms with Crippen LogP contribution in [0, 0.1) is 20.8 Å². The average molecular weight is 449 g/mol. The van der Waals surface area contributed by atoms with Crippen LogP contribution in [0.25, 0.3) is 27.8 Å². The Bertz CT molecular complexity index is 1490. The highest BCUT2D eigenvalue weighted by molar-refractivity contribution is 6.03. The minimum absolute atomic E-state index is 0.199. The number of hydrogen-bond donors (Lipinski definition) is 1. The number of aromatic nitrogens is 5. The van der Waals surface area contributed by atoms with Crippen LogP contribution in [0.4, 0.5) is 0 Å². The Kier molecular flexibility index (Phi) is 5.59. The van der Waals surface area contributed by atoms with E-state index in [4.69, 9.17) is 0 Å². The number of nitrogens with one attached hydrogen (secondary N) is 1. The van der Waals surface area contributed by atoms with Crippen LogP contribution in [0.1, 0.15) is 32.9 Å². The van der Waals surface area contributed by atoms with E-state index in [-0.39, 0.29) is 5.91 Å². The lowest BCUT2D eigenvalue weighted by molar-refractivity contribution is 0.0950. The molecule has 0 saturated heterocycles. The Balaban J connectivity index is 1.60. The molecule has 0 aliphatic carbocycles. The molecule has 1 amide bonds. The van der Waals surface area contributed by atoms with E-state index >= 15 is 0 Å². The van der Waals surface area contributed by atoms with E-state index in [1.807, 2.05) is 86.4 Å². The molecular formula is C27H24N6O. The number of carbonyl (C=O) groups excluding carboxylic acids is 1. The number of para-hydroxylation sites is 1. The molecule has 34 heavy (non-hydrogen) atoms. The van der Waals surface area contributed by atoms with Crippen molar-refractivity contribution in [1.29, 1.82) is 0 Å². The summed E-state index contributed by atoms with van der Waals surface area (Å²) in [5.74, 6) is -0.199. The van der Waals surface area contributed by atoms with Crippen molar-refractivity contribution in [3.8, 4) is 16.9 Å². The topological polar surface area (TPSA) is 85.6 Å². The molecule has 0 aliphatic rings. The molecule has 0 spiro atoms. The van der Waals surface area contributed by atoms with Gasteiger partial charge in [0.05, 0.1) is 47.2 Å². The third-order valence-electron chi connectivity index (χ3n) is 5.75. The Morgan fingerprint density at radius 1 is 0.912 bits per heavy atom. The summed E-state index contributed by atoms with van der Waals surface area (Å²) in [5.41, 5.74) is 7.68. The van der Waals surface area contributed by atoms with Gasteiger partial charge in [0.1, 0.15) is 0 Å². The molecule has 3 aromatic heterocycles. The number of pyridine rings is 1. The van der Waals surface area contributed by atoms with Gasteiger partial charge in [-0.3, -0.25) is 19.7 Å². The maximum atomic E-state index is 13.2. The molecule has 0 radical (unpaired) electrons. The molecule has 0 atom stereocenters. The fourth-order valence-electron chi connectivity index (χ4n) is 3.87. The zero-order valence-electron chi connectivity index (χ0n) is 19.3. The highest BCUT2D eigenvalue weighted by Crippen LogP contribution is 2.31. The molecule has 0 aliphatic heterocycles. The van der Waals surface area contributed by atoms with Crippen LogP contribution in [0.3, 0.4) is 0 Å². The van der Waals surface area contributed by atoms with Crippen LogP contribution in [0.2, 0.25) is 0 Å². The zero-order chi connectivity index (χ0) is 23.7. The standard InChI is InChI=1S/C27H24N6O/c1-17-8-9-24(30-12-17)22-10-20(27(34)31-15-21-14-28-19(3)13-29-21)11-26-23(22)16-32-33(26)25-7-5-4-6-18(25)2/h4-14,16H,15H2,1-3H3,(H,31,34). The van der Waals surface area contributed by atoms with Gasteiger partial charge in [0.15, 0.2) is 0 Å². The third kappa shape index (κ3) is 4.15. The van der Waals surface area contributed by atoms with Gasteiger partial charge in [0.25, 0.3) is 5.91 Å². The third-order valence-corrected chi connectivity index (χ3v) is 5.75. The minimum Gasteiger partial charge on any atom is -0.346 e. The average Bonchev–Trinajstić information content (AvgIpc) is 3.27. The quantitative estimate of drug-likeness (QED) is 0.420. The molecule has 0 saturated carbocycles. The molecule has 1 N–H and O–H groups in total. The molecule has 0 fully saturated rings. The fourth-order valence-corrected chi connectivity index (χ4v) is 3.87. The van der Waals surface area contributed by atoms with E-state index in [0.717, 1.165) is 44.7 Å². The van der Waals surface area contributed by atoms with Crippen molar-refractivity contribution in [3.05, 3.63) is 101 Å². The summed E-state index contributed by atoms with van der Waals surface area (Å²) >= 11 is 0. The lowest BCUT2D eigenvalue weighted by Gasteiger charge is -2.11. The maximum Gasteiger partial charge on any atom is 0.251 e. The summed E-state index contributed by atoms with van der Waals surface area (Å²) in [7, 11) is 0. The number of benzene rings is 2. The van der Waals surface area contributed by atoms with Crippen molar-refractivity contribution < 1.29 is 4.79 Å². The summed E-state index contributed by atoms with van der Waals surface area (Å²) in [6.45, 7) is 6.22. The second-order valence-electron chi connectivity index (χ2n) is 8.35. The fraction of sp³-hybridized carbons (Fsp3) is 0.148. The monoisotopic (exact) mass is 448 g/mol. The van der Waals surface area contributed by atoms with Crippen LogP contribution in [0.5, 0.6) is 0 Å². The van der Waals surface area contributed by atoms with E-state index in [1.165, 1.54) is 0 Å². The predicted octanol–water partition coefficient (Wildman–Crippen LogP) is 4.73. The largest absolute Gasteiger partial charge is 0.346 e. The number of hydrogen-bond acceptors (Lipinski definition) is 5. The van der Waals surface area contributed by atoms with Gasteiger partial charge >= 0.3 is 0 Å². The number of fused-ring (bicyclic) bond motifs is 1. The molecule has 7 nitrogen and oxygen atoms in total. The minimum atomic E-state index is -0.199. The lowest BCUT2D eigenvalue weighted by Crippen LogP contribution is -2.23. The van der Waals surface area contributed by atoms with Crippen LogP contribution < -0.4 is 5.32 Å². The van der Waals surface area contributed by atoms with Crippen molar-refractivity contribution in [3.63, 3.8) is 0 Å².